The molecule has 2 aromatic heterocycles. The molecule has 0 fully saturated rings. The average molecular weight is 372 g/mol. The number of thioether (sulfide) groups is 1. The van der Waals surface area contributed by atoms with Crippen molar-refractivity contribution in [2.45, 2.75) is 32.2 Å². The third-order valence-corrected chi connectivity index (χ3v) is 5.62. The highest BCUT2D eigenvalue weighted by molar-refractivity contribution is 7.98. The molecular formula is C19H21N3OS2. The quantitative estimate of drug-likeness (QED) is 0.649. The number of carbonyl (C=O) groups excluding carboxylic acids is 1. The molecule has 25 heavy (non-hydrogen) atoms. The summed E-state index contributed by atoms with van der Waals surface area (Å²) < 4.78 is 2.04. The number of nitrogens with one attached hydrogen (secondary N) is 1. The third-order valence-electron chi connectivity index (χ3n) is 4.12. The van der Waals surface area contributed by atoms with Crippen LogP contribution in [0.25, 0.3) is 11.3 Å². The molecule has 0 bridgehead atoms. The molecule has 0 aliphatic rings. The van der Waals surface area contributed by atoms with Crippen LogP contribution in [0.5, 0.6) is 0 Å². The van der Waals surface area contributed by atoms with Crippen molar-refractivity contribution in [3.05, 3.63) is 52.1 Å². The number of benzene rings is 1. The van der Waals surface area contributed by atoms with Crippen LogP contribution in [0.1, 0.15) is 16.4 Å². The molecule has 0 spiro atoms. The first-order chi connectivity index (χ1) is 12.0. The first-order valence-electron chi connectivity index (χ1n) is 8.01. The Hall–Kier alpha value is -2.05. The number of hydrogen-bond acceptors (Lipinski definition) is 4. The van der Waals surface area contributed by atoms with Crippen molar-refractivity contribution >= 4 is 34.7 Å². The van der Waals surface area contributed by atoms with Crippen molar-refractivity contribution < 1.29 is 4.79 Å². The van der Waals surface area contributed by atoms with Crippen LogP contribution in [0, 0.1) is 20.8 Å². The summed E-state index contributed by atoms with van der Waals surface area (Å²) in [5.41, 5.74) is 5.03. The predicted octanol–water partition coefficient (Wildman–Crippen LogP) is 4.90. The van der Waals surface area contributed by atoms with E-state index in [0.717, 1.165) is 38.2 Å². The number of amides is 1. The average Bonchev–Trinajstić information content (AvgIpc) is 3.13. The summed E-state index contributed by atoms with van der Waals surface area (Å²) >= 11 is 3.30. The van der Waals surface area contributed by atoms with Crippen molar-refractivity contribution in [2.75, 3.05) is 11.6 Å². The molecule has 0 radical (unpaired) electrons. The minimum atomic E-state index is -0.0268. The Balaban J connectivity index is 1.78. The van der Waals surface area contributed by atoms with Crippen molar-refractivity contribution in [3.8, 4) is 11.3 Å². The van der Waals surface area contributed by atoms with Crippen LogP contribution in [0.3, 0.4) is 0 Å². The van der Waals surface area contributed by atoms with Gasteiger partial charge in [-0.05, 0) is 51.3 Å². The molecule has 0 saturated heterocycles. The normalized spacial score (nSPS) is 10.9. The Morgan fingerprint density at radius 2 is 2.08 bits per heavy atom. The number of carbonyl (C=O) groups is 1. The van der Waals surface area contributed by atoms with Crippen molar-refractivity contribution in [1.29, 1.82) is 0 Å². The van der Waals surface area contributed by atoms with Gasteiger partial charge < -0.3 is 9.88 Å². The maximum absolute atomic E-state index is 12.5. The molecule has 0 saturated carbocycles. The number of aromatic nitrogens is 2. The first-order valence-corrected chi connectivity index (χ1v) is 10.1. The van der Waals surface area contributed by atoms with Crippen LogP contribution < -0.4 is 5.32 Å². The van der Waals surface area contributed by atoms with Gasteiger partial charge in [-0.2, -0.15) is 0 Å². The van der Waals surface area contributed by atoms with E-state index in [1.165, 1.54) is 0 Å². The minimum Gasteiger partial charge on any atom is -0.339 e. The Bertz CT molecular complexity index is 911. The number of aryl methyl sites for hydroxylation is 2. The summed E-state index contributed by atoms with van der Waals surface area (Å²) in [6.07, 6.45) is 2.02. The van der Waals surface area contributed by atoms with E-state index in [1.807, 2.05) is 55.9 Å². The Kier molecular flexibility index (Phi) is 5.30. The van der Waals surface area contributed by atoms with Gasteiger partial charge in [-0.1, -0.05) is 6.07 Å². The van der Waals surface area contributed by atoms with Crippen LogP contribution in [-0.4, -0.2) is 21.7 Å². The fourth-order valence-electron chi connectivity index (χ4n) is 2.84. The summed E-state index contributed by atoms with van der Waals surface area (Å²) in [6, 6.07) is 9.99. The zero-order valence-corrected chi connectivity index (χ0v) is 16.4. The highest BCUT2D eigenvalue weighted by Crippen LogP contribution is 2.28. The van der Waals surface area contributed by atoms with Gasteiger partial charge in [-0.25, -0.2) is 4.98 Å². The summed E-state index contributed by atoms with van der Waals surface area (Å²) in [5, 5.41) is 6.10. The molecule has 0 atom stereocenters. The highest BCUT2D eigenvalue weighted by atomic mass is 32.2. The first kappa shape index (κ1) is 17.8. The van der Waals surface area contributed by atoms with Crippen LogP contribution in [0.15, 0.2) is 40.6 Å². The molecule has 6 heteroatoms. The van der Waals surface area contributed by atoms with Gasteiger partial charge in [0.15, 0.2) is 0 Å². The van der Waals surface area contributed by atoms with Crippen LogP contribution in [0.4, 0.5) is 5.69 Å². The van der Waals surface area contributed by atoms with Gasteiger partial charge in [0, 0.05) is 32.9 Å². The van der Waals surface area contributed by atoms with E-state index in [0.29, 0.717) is 6.54 Å². The largest absolute Gasteiger partial charge is 0.339 e. The van der Waals surface area contributed by atoms with Crippen LogP contribution in [-0.2, 0) is 11.3 Å². The second kappa shape index (κ2) is 7.45. The van der Waals surface area contributed by atoms with Crippen LogP contribution >= 0.6 is 23.1 Å². The lowest BCUT2D eigenvalue weighted by Gasteiger charge is -2.11. The number of thiazole rings is 1. The number of hydrogen-bond donors (Lipinski definition) is 1. The van der Waals surface area contributed by atoms with Crippen molar-refractivity contribution in [1.82, 2.24) is 9.55 Å². The lowest BCUT2D eigenvalue weighted by atomic mass is 10.2. The summed E-state index contributed by atoms with van der Waals surface area (Å²) in [7, 11) is 0. The standard InChI is InChI=1S/C19H21N3OS2/c1-12-8-17(18-11-25-14(3)20-18)13(2)22(12)10-19(23)21-15-6-5-7-16(9-15)24-4/h5-9,11H,10H2,1-4H3,(H,21,23). The molecule has 4 nitrogen and oxygen atoms in total. The topological polar surface area (TPSA) is 46.9 Å². The lowest BCUT2D eigenvalue weighted by Crippen LogP contribution is -2.20. The maximum atomic E-state index is 12.5. The van der Waals surface area contributed by atoms with Crippen LogP contribution in [0.2, 0.25) is 0 Å². The number of anilines is 1. The molecule has 0 aliphatic carbocycles. The smallest absolute Gasteiger partial charge is 0.244 e. The molecule has 0 unspecified atom stereocenters. The van der Waals surface area contributed by atoms with Gasteiger partial charge in [0.25, 0.3) is 0 Å². The molecule has 3 rings (SSSR count). The van der Waals surface area contributed by atoms with Gasteiger partial charge in [0.2, 0.25) is 5.91 Å². The Labute approximate surface area is 156 Å². The summed E-state index contributed by atoms with van der Waals surface area (Å²) in [5.74, 6) is -0.0268. The number of rotatable bonds is 5. The molecule has 1 amide bonds. The van der Waals surface area contributed by atoms with Crippen molar-refractivity contribution in [3.63, 3.8) is 0 Å². The van der Waals surface area contributed by atoms with Gasteiger partial charge in [0.1, 0.15) is 6.54 Å². The molecule has 130 valence electrons. The third kappa shape index (κ3) is 3.96. The molecular weight excluding hydrogens is 350 g/mol. The van der Waals surface area contributed by atoms with Gasteiger partial charge in [0.05, 0.1) is 10.7 Å². The molecule has 1 aromatic carbocycles. The number of nitrogens with zero attached hydrogens (tertiary/aromatic N) is 2. The minimum absolute atomic E-state index is 0.0268. The van der Waals surface area contributed by atoms with E-state index in [1.54, 1.807) is 23.1 Å². The zero-order valence-electron chi connectivity index (χ0n) is 14.8. The lowest BCUT2D eigenvalue weighted by molar-refractivity contribution is -0.116. The Morgan fingerprint density at radius 3 is 2.76 bits per heavy atom. The van der Waals surface area contributed by atoms with E-state index in [4.69, 9.17) is 0 Å². The van der Waals surface area contributed by atoms with E-state index in [-0.39, 0.29) is 5.91 Å². The fourth-order valence-corrected chi connectivity index (χ4v) is 3.91. The van der Waals surface area contributed by atoms with Gasteiger partial charge in [-0.15, -0.1) is 23.1 Å². The molecule has 1 N–H and O–H groups in total. The van der Waals surface area contributed by atoms with Gasteiger partial charge >= 0.3 is 0 Å². The SMILES string of the molecule is CSc1cccc(NC(=O)Cn2c(C)cc(-c3csc(C)n3)c2C)c1. The van der Waals surface area contributed by atoms with E-state index in [9.17, 15) is 4.79 Å². The zero-order chi connectivity index (χ0) is 18.0. The molecule has 2 heterocycles. The molecule has 3 aromatic rings. The molecule has 0 aliphatic heterocycles. The van der Waals surface area contributed by atoms with E-state index in [2.05, 4.69) is 21.7 Å². The maximum Gasteiger partial charge on any atom is 0.244 e. The summed E-state index contributed by atoms with van der Waals surface area (Å²) in [6.45, 7) is 6.36. The Morgan fingerprint density at radius 1 is 1.28 bits per heavy atom. The van der Waals surface area contributed by atoms with Gasteiger partial charge in [-0.3, -0.25) is 4.79 Å². The highest BCUT2D eigenvalue weighted by Gasteiger charge is 2.15. The van der Waals surface area contributed by atoms with E-state index < -0.39 is 0 Å². The van der Waals surface area contributed by atoms with E-state index >= 15 is 0 Å². The fraction of sp³-hybridized carbons (Fsp3) is 0.263. The predicted molar refractivity (Wildman–Crippen MR) is 107 cm³/mol. The second-order valence-corrected chi connectivity index (χ2v) is 7.84. The second-order valence-electron chi connectivity index (χ2n) is 5.90. The van der Waals surface area contributed by atoms with Crippen molar-refractivity contribution in [2.24, 2.45) is 0 Å². The summed E-state index contributed by atoms with van der Waals surface area (Å²) in [4.78, 5) is 18.2. The monoisotopic (exact) mass is 371 g/mol.